The maximum absolute atomic E-state index is 13.7. The summed E-state index contributed by atoms with van der Waals surface area (Å²) in [6, 6.07) is 16.9. The van der Waals surface area contributed by atoms with E-state index in [1.54, 1.807) is 0 Å². The third kappa shape index (κ3) is 4.40. The Hall–Kier alpha value is -2.95. The Morgan fingerprint density at radius 1 is 0.794 bits per heavy atom. The van der Waals surface area contributed by atoms with E-state index in [1.807, 2.05) is 71.3 Å². The topological polar surface area (TPSA) is 57.7 Å². The summed E-state index contributed by atoms with van der Waals surface area (Å²) in [6.45, 7) is 3.18. The molecule has 0 spiro atoms. The molecule has 2 aliphatic heterocycles. The van der Waals surface area contributed by atoms with Crippen molar-refractivity contribution < 1.29 is 14.4 Å². The van der Waals surface area contributed by atoms with Gasteiger partial charge in [0.25, 0.3) is 5.91 Å². The standard InChI is InChI=1S/C29H34N2O3/c1-20-11-13-21(14-12-20)27(32)22-15-17-30(18-16-22)29(34)26-19-24-9-5-6-10-25(24)31(26)28(33)23-7-3-2-4-8-23/h2-4,7-8,11-14,22,24-26H,5-6,9-10,15-19H2,1H3. The van der Waals surface area contributed by atoms with Crippen LogP contribution in [0.4, 0.5) is 0 Å². The molecular weight excluding hydrogens is 424 g/mol. The highest BCUT2D eigenvalue weighted by Gasteiger charge is 2.48. The number of ketones is 1. The number of Topliss-reactive ketones (excluding diaryl/α,β-unsaturated/α-hetero) is 1. The van der Waals surface area contributed by atoms with E-state index in [9.17, 15) is 14.4 Å². The van der Waals surface area contributed by atoms with E-state index in [0.29, 0.717) is 37.4 Å². The van der Waals surface area contributed by atoms with Gasteiger partial charge in [0.1, 0.15) is 6.04 Å². The van der Waals surface area contributed by atoms with E-state index in [2.05, 4.69) is 0 Å². The zero-order valence-electron chi connectivity index (χ0n) is 20.0. The molecule has 3 aliphatic rings. The molecule has 1 saturated carbocycles. The number of rotatable bonds is 4. The van der Waals surface area contributed by atoms with Gasteiger partial charge in [0.2, 0.25) is 5.91 Å². The zero-order valence-corrected chi connectivity index (χ0v) is 20.0. The maximum atomic E-state index is 13.7. The van der Waals surface area contributed by atoms with Crippen LogP contribution in [0.5, 0.6) is 0 Å². The Labute approximate surface area is 202 Å². The molecule has 2 aromatic rings. The molecule has 0 aromatic heterocycles. The Morgan fingerprint density at radius 3 is 2.18 bits per heavy atom. The van der Waals surface area contributed by atoms with Crippen LogP contribution in [0.25, 0.3) is 0 Å². The molecule has 34 heavy (non-hydrogen) atoms. The normalized spacial score (nSPS) is 25.1. The Kier molecular flexibility index (Phi) is 6.53. The fourth-order valence-corrected chi connectivity index (χ4v) is 6.23. The quantitative estimate of drug-likeness (QED) is 0.613. The van der Waals surface area contributed by atoms with E-state index in [1.165, 1.54) is 6.42 Å². The van der Waals surface area contributed by atoms with Crippen LogP contribution in [0.15, 0.2) is 54.6 Å². The second kappa shape index (κ2) is 9.73. The van der Waals surface area contributed by atoms with Crippen molar-refractivity contribution in [1.29, 1.82) is 0 Å². The summed E-state index contributed by atoms with van der Waals surface area (Å²) < 4.78 is 0. The first-order chi connectivity index (χ1) is 16.5. The number of likely N-dealkylation sites (tertiary alicyclic amines) is 2. The van der Waals surface area contributed by atoms with E-state index in [4.69, 9.17) is 0 Å². The number of benzene rings is 2. The lowest BCUT2D eigenvalue weighted by Crippen LogP contribution is -2.52. The highest BCUT2D eigenvalue weighted by molar-refractivity contribution is 5.99. The van der Waals surface area contributed by atoms with Gasteiger partial charge in [0, 0.05) is 36.2 Å². The molecule has 3 fully saturated rings. The molecule has 0 bridgehead atoms. The third-order valence-electron chi connectivity index (χ3n) is 8.14. The summed E-state index contributed by atoms with van der Waals surface area (Å²) in [4.78, 5) is 44.0. The van der Waals surface area contributed by atoms with E-state index in [0.717, 1.165) is 36.8 Å². The van der Waals surface area contributed by atoms with Crippen molar-refractivity contribution in [3.05, 3.63) is 71.3 Å². The summed E-state index contributed by atoms with van der Waals surface area (Å²) >= 11 is 0. The van der Waals surface area contributed by atoms with Crippen molar-refractivity contribution in [2.45, 2.75) is 64.0 Å². The second-order valence-electron chi connectivity index (χ2n) is 10.3. The smallest absolute Gasteiger partial charge is 0.254 e. The predicted octanol–water partition coefficient (Wildman–Crippen LogP) is 4.89. The molecular formula is C29H34N2O3. The third-order valence-corrected chi connectivity index (χ3v) is 8.14. The number of hydrogen-bond donors (Lipinski definition) is 0. The number of aryl methyl sites for hydroxylation is 1. The molecule has 2 aromatic carbocycles. The van der Waals surface area contributed by atoms with Gasteiger partial charge in [0.05, 0.1) is 0 Å². The lowest BCUT2D eigenvalue weighted by Gasteiger charge is -2.37. The maximum Gasteiger partial charge on any atom is 0.254 e. The molecule has 1 aliphatic carbocycles. The number of amides is 2. The molecule has 5 nitrogen and oxygen atoms in total. The van der Waals surface area contributed by atoms with Gasteiger partial charge in [-0.2, -0.15) is 0 Å². The second-order valence-corrected chi connectivity index (χ2v) is 10.3. The van der Waals surface area contributed by atoms with Crippen molar-refractivity contribution in [2.24, 2.45) is 11.8 Å². The minimum absolute atomic E-state index is 0.0159. The first-order valence-corrected chi connectivity index (χ1v) is 12.8. The number of hydrogen-bond acceptors (Lipinski definition) is 3. The van der Waals surface area contributed by atoms with Gasteiger partial charge in [-0.1, -0.05) is 60.9 Å². The van der Waals surface area contributed by atoms with Crippen LogP contribution >= 0.6 is 0 Å². The Balaban J connectivity index is 1.28. The SMILES string of the molecule is Cc1ccc(C(=O)C2CCN(C(=O)C3CC4CCCCC4N3C(=O)c3ccccc3)CC2)cc1. The molecule has 0 N–H and O–H groups in total. The molecule has 178 valence electrons. The van der Waals surface area contributed by atoms with Crippen LogP contribution in [0.1, 0.15) is 71.2 Å². The van der Waals surface area contributed by atoms with Gasteiger partial charge in [-0.05, 0) is 57.1 Å². The number of carbonyl (C=O) groups is 3. The largest absolute Gasteiger partial charge is 0.341 e. The number of piperidine rings is 1. The summed E-state index contributed by atoms with van der Waals surface area (Å²) in [5.41, 5.74) is 2.56. The minimum Gasteiger partial charge on any atom is -0.341 e. The average molecular weight is 459 g/mol. The van der Waals surface area contributed by atoms with E-state index in [-0.39, 0.29) is 35.6 Å². The van der Waals surface area contributed by atoms with Crippen molar-refractivity contribution >= 4 is 17.6 Å². The van der Waals surface area contributed by atoms with E-state index >= 15 is 0 Å². The fraction of sp³-hybridized carbons (Fsp3) is 0.483. The number of nitrogens with zero attached hydrogens (tertiary/aromatic N) is 2. The summed E-state index contributed by atoms with van der Waals surface area (Å²) in [7, 11) is 0. The monoisotopic (exact) mass is 458 g/mol. The number of carbonyl (C=O) groups excluding carboxylic acids is 3. The van der Waals surface area contributed by atoms with Crippen molar-refractivity contribution in [3.8, 4) is 0 Å². The summed E-state index contributed by atoms with van der Waals surface area (Å²) in [6.07, 6.45) is 6.52. The molecule has 0 radical (unpaired) electrons. The lowest BCUT2D eigenvalue weighted by atomic mass is 9.84. The van der Waals surface area contributed by atoms with Gasteiger partial charge < -0.3 is 9.80 Å². The highest BCUT2D eigenvalue weighted by Crippen LogP contribution is 2.41. The van der Waals surface area contributed by atoms with Crippen molar-refractivity contribution in [2.75, 3.05) is 13.1 Å². The zero-order chi connectivity index (χ0) is 23.7. The van der Waals surface area contributed by atoms with Crippen molar-refractivity contribution in [3.63, 3.8) is 0 Å². The summed E-state index contributed by atoms with van der Waals surface area (Å²) in [5, 5.41) is 0. The number of fused-ring (bicyclic) bond motifs is 1. The molecule has 2 amide bonds. The van der Waals surface area contributed by atoms with Gasteiger partial charge >= 0.3 is 0 Å². The highest BCUT2D eigenvalue weighted by atomic mass is 16.2. The molecule has 3 unspecified atom stereocenters. The molecule has 5 heteroatoms. The Bertz CT molecular complexity index is 1040. The predicted molar refractivity (Wildman–Crippen MR) is 132 cm³/mol. The Morgan fingerprint density at radius 2 is 1.47 bits per heavy atom. The fourth-order valence-electron chi connectivity index (χ4n) is 6.23. The lowest BCUT2D eigenvalue weighted by molar-refractivity contribution is -0.136. The molecule has 3 atom stereocenters. The van der Waals surface area contributed by atoms with Gasteiger partial charge in [0.15, 0.2) is 5.78 Å². The van der Waals surface area contributed by atoms with Crippen LogP contribution in [0, 0.1) is 18.8 Å². The van der Waals surface area contributed by atoms with Crippen LogP contribution < -0.4 is 0 Å². The first-order valence-electron chi connectivity index (χ1n) is 12.8. The van der Waals surface area contributed by atoms with Crippen LogP contribution in [-0.2, 0) is 4.79 Å². The van der Waals surface area contributed by atoms with Crippen LogP contribution in [0.2, 0.25) is 0 Å². The minimum atomic E-state index is -0.384. The van der Waals surface area contributed by atoms with Crippen molar-refractivity contribution in [1.82, 2.24) is 9.80 Å². The first kappa shape index (κ1) is 22.8. The molecule has 2 saturated heterocycles. The average Bonchev–Trinajstić information content (AvgIpc) is 3.28. The van der Waals surface area contributed by atoms with Crippen LogP contribution in [-0.4, -0.2) is 52.6 Å². The van der Waals surface area contributed by atoms with E-state index < -0.39 is 0 Å². The van der Waals surface area contributed by atoms with Gasteiger partial charge in [-0.15, -0.1) is 0 Å². The van der Waals surface area contributed by atoms with Gasteiger partial charge in [-0.25, -0.2) is 0 Å². The molecule has 2 heterocycles. The van der Waals surface area contributed by atoms with Gasteiger partial charge in [-0.3, -0.25) is 14.4 Å². The van der Waals surface area contributed by atoms with Crippen LogP contribution in [0.3, 0.4) is 0 Å². The summed E-state index contributed by atoms with van der Waals surface area (Å²) in [5.74, 6) is 0.605. The molecule has 5 rings (SSSR count).